The zero-order valence-electron chi connectivity index (χ0n) is 12.5. The van der Waals surface area contributed by atoms with Gasteiger partial charge in [0.2, 0.25) is 0 Å². The highest BCUT2D eigenvalue weighted by atomic mass is 16.3. The summed E-state index contributed by atoms with van der Waals surface area (Å²) in [4.78, 5) is 2.41. The van der Waals surface area contributed by atoms with Gasteiger partial charge in [-0.3, -0.25) is 0 Å². The van der Waals surface area contributed by atoms with Crippen molar-refractivity contribution in [2.45, 2.75) is 39.2 Å². The van der Waals surface area contributed by atoms with Crippen molar-refractivity contribution in [1.82, 2.24) is 4.90 Å². The fourth-order valence-corrected chi connectivity index (χ4v) is 3.10. The van der Waals surface area contributed by atoms with Crippen molar-refractivity contribution >= 4 is 0 Å². The number of benzene rings is 1. The molecule has 1 aliphatic heterocycles. The van der Waals surface area contributed by atoms with E-state index in [9.17, 15) is 5.11 Å². The van der Waals surface area contributed by atoms with Crippen LogP contribution in [0.3, 0.4) is 0 Å². The van der Waals surface area contributed by atoms with Gasteiger partial charge in [0.25, 0.3) is 0 Å². The Morgan fingerprint density at radius 3 is 2.32 bits per heavy atom. The smallest absolute Gasteiger partial charge is 0.0994 e. The molecule has 0 aliphatic carbocycles. The molecule has 19 heavy (non-hydrogen) atoms. The minimum atomic E-state index is -0.744. The predicted octanol–water partition coefficient (Wildman–Crippen LogP) is 3.26. The van der Waals surface area contributed by atoms with E-state index < -0.39 is 5.60 Å². The highest BCUT2D eigenvalue weighted by molar-refractivity contribution is 5.21. The summed E-state index contributed by atoms with van der Waals surface area (Å²) in [5.74, 6) is 1.65. The molecule has 0 saturated carbocycles. The van der Waals surface area contributed by atoms with Crippen molar-refractivity contribution < 1.29 is 5.11 Å². The first kappa shape index (κ1) is 14.5. The summed E-state index contributed by atoms with van der Waals surface area (Å²) in [7, 11) is 0. The van der Waals surface area contributed by atoms with E-state index in [0.29, 0.717) is 0 Å². The van der Waals surface area contributed by atoms with Crippen LogP contribution in [0, 0.1) is 11.8 Å². The lowest BCUT2D eigenvalue weighted by atomic mass is 9.86. The molecular formula is C17H27NO. The number of likely N-dealkylation sites (tertiary alicyclic amines) is 1. The molecule has 1 fully saturated rings. The molecule has 0 amide bonds. The minimum Gasteiger partial charge on any atom is -0.384 e. The number of aliphatic hydroxyl groups is 1. The summed E-state index contributed by atoms with van der Waals surface area (Å²) in [6.07, 6.45) is 2.53. The van der Waals surface area contributed by atoms with Gasteiger partial charge in [-0.1, -0.05) is 44.2 Å². The summed E-state index contributed by atoms with van der Waals surface area (Å²) in [5.41, 5.74) is 0.271. The second kappa shape index (κ2) is 6.06. The van der Waals surface area contributed by atoms with Gasteiger partial charge >= 0.3 is 0 Å². The fourth-order valence-electron chi connectivity index (χ4n) is 3.10. The Hall–Kier alpha value is -0.860. The fraction of sp³-hybridized carbons (Fsp3) is 0.647. The van der Waals surface area contributed by atoms with Crippen LogP contribution in [0.25, 0.3) is 0 Å². The minimum absolute atomic E-state index is 0.738. The van der Waals surface area contributed by atoms with Gasteiger partial charge in [-0.15, -0.1) is 0 Å². The number of nitrogens with zero attached hydrogens (tertiary/aromatic N) is 1. The van der Waals surface area contributed by atoms with Crippen molar-refractivity contribution in [3.05, 3.63) is 35.9 Å². The van der Waals surface area contributed by atoms with Gasteiger partial charge in [0.05, 0.1) is 5.60 Å². The highest BCUT2D eigenvalue weighted by Gasteiger charge is 2.29. The third kappa shape index (κ3) is 3.80. The zero-order valence-corrected chi connectivity index (χ0v) is 12.5. The summed E-state index contributed by atoms with van der Waals surface area (Å²) < 4.78 is 0. The second-order valence-corrected chi connectivity index (χ2v) is 6.50. The van der Waals surface area contributed by atoms with Gasteiger partial charge in [-0.25, -0.2) is 0 Å². The summed E-state index contributed by atoms with van der Waals surface area (Å²) in [6.45, 7) is 9.54. The SMILES string of the molecule is CC(C)C1CCN(CC(C)(O)c2ccccc2)CC1. The Balaban J connectivity index is 1.92. The van der Waals surface area contributed by atoms with Gasteiger partial charge in [0, 0.05) is 6.54 Å². The van der Waals surface area contributed by atoms with Crippen LogP contribution >= 0.6 is 0 Å². The molecule has 0 radical (unpaired) electrons. The van der Waals surface area contributed by atoms with Crippen molar-refractivity contribution in [3.63, 3.8) is 0 Å². The molecule has 2 heteroatoms. The van der Waals surface area contributed by atoms with Crippen molar-refractivity contribution in [2.24, 2.45) is 11.8 Å². The molecule has 2 rings (SSSR count). The first-order valence-electron chi connectivity index (χ1n) is 7.49. The lowest BCUT2D eigenvalue weighted by Gasteiger charge is -2.38. The molecular weight excluding hydrogens is 234 g/mol. The molecule has 0 spiro atoms. The van der Waals surface area contributed by atoms with E-state index in [2.05, 4.69) is 18.7 Å². The van der Waals surface area contributed by atoms with Crippen LogP contribution in [0.2, 0.25) is 0 Å². The topological polar surface area (TPSA) is 23.5 Å². The number of β-amino-alcohol motifs (C(OH)–C–C–N with tert-alkyl or cyclic N) is 1. The van der Waals surface area contributed by atoms with Crippen LogP contribution in [0.5, 0.6) is 0 Å². The lowest BCUT2D eigenvalue weighted by Crippen LogP contribution is -2.43. The normalized spacial score (nSPS) is 21.5. The van der Waals surface area contributed by atoms with Crippen LogP contribution in [0.4, 0.5) is 0 Å². The number of hydrogen-bond donors (Lipinski definition) is 1. The number of hydrogen-bond acceptors (Lipinski definition) is 2. The van der Waals surface area contributed by atoms with Crippen molar-refractivity contribution in [2.75, 3.05) is 19.6 Å². The van der Waals surface area contributed by atoms with Crippen molar-refractivity contribution in [3.8, 4) is 0 Å². The average Bonchev–Trinajstić information content (AvgIpc) is 2.40. The van der Waals surface area contributed by atoms with Gasteiger partial charge < -0.3 is 10.0 Å². The lowest BCUT2D eigenvalue weighted by molar-refractivity contribution is 0.00333. The largest absolute Gasteiger partial charge is 0.384 e. The van der Waals surface area contributed by atoms with E-state index in [-0.39, 0.29) is 0 Å². The second-order valence-electron chi connectivity index (χ2n) is 6.50. The maximum absolute atomic E-state index is 10.7. The first-order valence-corrected chi connectivity index (χ1v) is 7.49. The summed E-state index contributed by atoms with van der Waals surface area (Å²) >= 11 is 0. The molecule has 1 heterocycles. The Bertz CT molecular complexity index is 378. The Labute approximate surface area is 117 Å². The van der Waals surface area contributed by atoms with Crippen LogP contribution in [-0.4, -0.2) is 29.6 Å². The molecule has 1 aromatic rings. The Morgan fingerprint density at radius 1 is 1.21 bits per heavy atom. The highest BCUT2D eigenvalue weighted by Crippen LogP contribution is 2.27. The molecule has 0 aromatic heterocycles. The maximum atomic E-state index is 10.7. The van der Waals surface area contributed by atoms with Crippen LogP contribution in [-0.2, 0) is 5.60 Å². The quantitative estimate of drug-likeness (QED) is 0.899. The van der Waals surface area contributed by atoms with E-state index in [1.165, 1.54) is 12.8 Å². The Kier molecular flexibility index (Phi) is 4.64. The van der Waals surface area contributed by atoms with Crippen LogP contribution in [0.1, 0.15) is 39.2 Å². The average molecular weight is 261 g/mol. The Morgan fingerprint density at radius 2 is 1.79 bits per heavy atom. The van der Waals surface area contributed by atoms with Crippen LogP contribution < -0.4 is 0 Å². The van der Waals surface area contributed by atoms with E-state index >= 15 is 0 Å². The maximum Gasteiger partial charge on any atom is 0.0994 e. The van der Waals surface area contributed by atoms with E-state index in [1.54, 1.807) is 0 Å². The molecule has 0 bridgehead atoms. The molecule has 1 unspecified atom stereocenters. The monoisotopic (exact) mass is 261 g/mol. The standard InChI is InChI=1S/C17H27NO/c1-14(2)15-9-11-18(12-10-15)13-17(3,19)16-7-5-4-6-8-16/h4-8,14-15,19H,9-13H2,1-3H3. The van der Waals surface area contributed by atoms with Gasteiger partial charge in [-0.05, 0) is 50.3 Å². The molecule has 1 aromatic carbocycles. The molecule has 106 valence electrons. The van der Waals surface area contributed by atoms with E-state index in [4.69, 9.17) is 0 Å². The van der Waals surface area contributed by atoms with Crippen molar-refractivity contribution in [1.29, 1.82) is 0 Å². The number of piperidine rings is 1. The molecule has 1 N–H and O–H groups in total. The third-order valence-electron chi connectivity index (χ3n) is 4.50. The van der Waals surface area contributed by atoms with E-state index in [0.717, 1.165) is 37.0 Å². The van der Waals surface area contributed by atoms with Gasteiger partial charge in [-0.2, -0.15) is 0 Å². The summed E-state index contributed by atoms with van der Waals surface area (Å²) in [5, 5.41) is 10.7. The summed E-state index contributed by atoms with van der Waals surface area (Å²) in [6, 6.07) is 10.0. The van der Waals surface area contributed by atoms with Gasteiger partial charge in [0.1, 0.15) is 0 Å². The molecule has 1 atom stereocenters. The van der Waals surface area contributed by atoms with Crippen LogP contribution in [0.15, 0.2) is 30.3 Å². The molecule has 1 saturated heterocycles. The van der Waals surface area contributed by atoms with Gasteiger partial charge in [0.15, 0.2) is 0 Å². The van der Waals surface area contributed by atoms with E-state index in [1.807, 2.05) is 37.3 Å². The zero-order chi connectivity index (χ0) is 13.9. The predicted molar refractivity (Wildman–Crippen MR) is 80.0 cm³/mol. The number of rotatable bonds is 4. The third-order valence-corrected chi connectivity index (χ3v) is 4.50. The first-order chi connectivity index (χ1) is 8.99. The molecule has 1 aliphatic rings. The molecule has 2 nitrogen and oxygen atoms in total.